The van der Waals surface area contributed by atoms with E-state index < -0.39 is 17.9 Å². The minimum atomic E-state index is -4.86. The van der Waals surface area contributed by atoms with E-state index in [4.69, 9.17) is 0 Å². The Morgan fingerprint density at radius 3 is 2.00 bits per heavy atom. The summed E-state index contributed by atoms with van der Waals surface area (Å²) in [6.07, 6.45) is 10.4. The summed E-state index contributed by atoms with van der Waals surface area (Å²) in [5.41, 5.74) is 0.793. The average molecular weight is 386 g/mol. The van der Waals surface area contributed by atoms with Crippen LogP contribution < -0.4 is 4.74 Å². The SMILES string of the molecule is Fc1cc(C2CCC(CCCCC3CCCC3)CC2)ccc1OC(F)(F)F. The van der Waals surface area contributed by atoms with Crippen molar-refractivity contribution < 1.29 is 22.3 Å². The first-order chi connectivity index (χ1) is 12.9. The van der Waals surface area contributed by atoms with Crippen molar-refractivity contribution in [1.29, 1.82) is 0 Å². The van der Waals surface area contributed by atoms with Crippen LogP contribution in [0.4, 0.5) is 17.6 Å². The first-order valence-electron chi connectivity index (χ1n) is 10.5. The Morgan fingerprint density at radius 1 is 0.852 bits per heavy atom. The van der Waals surface area contributed by atoms with E-state index in [9.17, 15) is 17.6 Å². The molecule has 2 aliphatic rings. The van der Waals surface area contributed by atoms with Gasteiger partial charge >= 0.3 is 6.36 Å². The lowest BCUT2D eigenvalue weighted by molar-refractivity contribution is -0.275. The van der Waals surface area contributed by atoms with Gasteiger partial charge in [-0.05, 0) is 61.1 Å². The molecule has 0 heterocycles. The normalized spacial score (nSPS) is 24.3. The molecule has 0 aromatic heterocycles. The molecule has 152 valence electrons. The third-order valence-electron chi connectivity index (χ3n) is 6.45. The van der Waals surface area contributed by atoms with Gasteiger partial charge in [-0.25, -0.2) is 4.39 Å². The van der Waals surface area contributed by atoms with Gasteiger partial charge < -0.3 is 4.74 Å². The highest BCUT2D eigenvalue weighted by molar-refractivity contribution is 5.31. The number of hydrogen-bond donors (Lipinski definition) is 0. The van der Waals surface area contributed by atoms with Crippen LogP contribution in [0.1, 0.15) is 88.5 Å². The molecule has 2 fully saturated rings. The lowest BCUT2D eigenvalue weighted by Gasteiger charge is -2.29. The van der Waals surface area contributed by atoms with E-state index in [0.29, 0.717) is 0 Å². The molecule has 3 rings (SSSR count). The first-order valence-corrected chi connectivity index (χ1v) is 10.5. The predicted octanol–water partition coefficient (Wildman–Crippen LogP) is 7.75. The highest BCUT2D eigenvalue weighted by Crippen LogP contribution is 2.39. The number of hydrogen-bond acceptors (Lipinski definition) is 1. The van der Waals surface area contributed by atoms with E-state index in [1.165, 1.54) is 57.4 Å². The molecule has 0 N–H and O–H groups in total. The molecule has 0 radical (unpaired) electrons. The van der Waals surface area contributed by atoms with Gasteiger partial charge in [0.2, 0.25) is 0 Å². The summed E-state index contributed by atoms with van der Waals surface area (Å²) < 4.78 is 54.4. The van der Waals surface area contributed by atoms with E-state index in [1.807, 2.05) is 0 Å². The van der Waals surface area contributed by atoms with Crippen molar-refractivity contribution >= 4 is 0 Å². The second-order valence-corrected chi connectivity index (χ2v) is 8.39. The Bertz CT molecular complexity index is 584. The maximum Gasteiger partial charge on any atom is 0.573 e. The third-order valence-corrected chi connectivity index (χ3v) is 6.45. The van der Waals surface area contributed by atoms with Crippen LogP contribution in [0.2, 0.25) is 0 Å². The largest absolute Gasteiger partial charge is 0.573 e. The van der Waals surface area contributed by atoms with Gasteiger partial charge in [0, 0.05) is 0 Å². The molecule has 1 nitrogen and oxygen atoms in total. The molecule has 0 amide bonds. The zero-order valence-electron chi connectivity index (χ0n) is 15.9. The Morgan fingerprint density at radius 2 is 1.44 bits per heavy atom. The van der Waals surface area contributed by atoms with Gasteiger partial charge in [-0.1, -0.05) is 57.4 Å². The molecule has 2 aliphatic carbocycles. The Labute approximate surface area is 159 Å². The average Bonchev–Trinajstić information content (AvgIpc) is 3.13. The molecule has 0 bridgehead atoms. The fourth-order valence-corrected chi connectivity index (χ4v) is 4.93. The number of ether oxygens (including phenoxy) is 1. The quantitative estimate of drug-likeness (QED) is 0.344. The topological polar surface area (TPSA) is 9.23 Å². The van der Waals surface area contributed by atoms with Gasteiger partial charge in [0.25, 0.3) is 0 Å². The molecule has 1 aromatic carbocycles. The standard InChI is InChI=1S/C22H30F4O/c23-20-15-19(13-14-21(20)27-22(24,25)26)18-11-9-17(10-12-18)8-4-3-7-16-5-1-2-6-16/h13-18H,1-12H2. The van der Waals surface area contributed by atoms with E-state index in [0.717, 1.165) is 49.1 Å². The van der Waals surface area contributed by atoms with Crippen LogP contribution in [0.3, 0.4) is 0 Å². The minimum absolute atomic E-state index is 0.245. The van der Waals surface area contributed by atoms with Crippen LogP contribution in [-0.2, 0) is 0 Å². The Hall–Kier alpha value is -1.26. The first kappa shape index (κ1) is 20.5. The second kappa shape index (κ2) is 9.29. The highest BCUT2D eigenvalue weighted by atomic mass is 19.4. The molecule has 0 spiro atoms. The van der Waals surface area contributed by atoms with Crippen LogP contribution in [0.25, 0.3) is 0 Å². The van der Waals surface area contributed by atoms with Crippen molar-refractivity contribution in [3.05, 3.63) is 29.6 Å². The predicted molar refractivity (Wildman–Crippen MR) is 98.2 cm³/mol. The van der Waals surface area contributed by atoms with E-state index in [-0.39, 0.29) is 5.92 Å². The number of alkyl halides is 3. The lowest BCUT2D eigenvalue weighted by Crippen LogP contribution is -2.18. The van der Waals surface area contributed by atoms with Gasteiger partial charge in [0.05, 0.1) is 0 Å². The number of unbranched alkanes of at least 4 members (excludes halogenated alkanes) is 1. The van der Waals surface area contributed by atoms with E-state index in [2.05, 4.69) is 4.74 Å². The molecule has 0 unspecified atom stereocenters. The molecule has 0 saturated heterocycles. The van der Waals surface area contributed by atoms with Gasteiger partial charge in [-0.15, -0.1) is 13.2 Å². The van der Waals surface area contributed by atoms with Crippen molar-refractivity contribution in [2.45, 2.75) is 89.3 Å². The maximum atomic E-state index is 13.9. The van der Waals surface area contributed by atoms with Crippen molar-refractivity contribution in [3.8, 4) is 5.75 Å². The monoisotopic (exact) mass is 386 g/mol. The van der Waals surface area contributed by atoms with Crippen molar-refractivity contribution in [2.24, 2.45) is 11.8 Å². The molecular formula is C22H30F4O. The molecule has 0 aliphatic heterocycles. The maximum absolute atomic E-state index is 13.9. The molecular weight excluding hydrogens is 356 g/mol. The van der Waals surface area contributed by atoms with Crippen LogP contribution in [0, 0.1) is 17.7 Å². The van der Waals surface area contributed by atoms with Gasteiger partial charge in [0.15, 0.2) is 11.6 Å². The van der Waals surface area contributed by atoms with Gasteiger partial charge in [0.1, 0.15) is 0 Å². The summed E-state index contributed by atoms with van der Waals surface area (Å²) in [4.78, 5) is 0. The molecule has 0 atom stereocenters. The minimum Gasteiger partial charge on any atom is -0.403 e. The fourth-order valence-electron chi connectivity index (χ4n) is 4.93. The van der Waals surface area contributed by atoms with Crippen LogP contribution >= 0.6 is 0 Å². The zero-order chi connectivity index (χ0) is 19.3. The smallest absolute Gasteiger partial charge is 0.403 e. The van der Waals surface area contributed by atoms with Crippen LogP contribution in [0.15, 0.2) is 18.2 Å². The fraction of sp³-hybridized carbons (Fsp3) is 0.727. The summed E-state index contributed by atoms with van der Waals surface area (Å²) in [7, 11) is 0. The summed E-state index contributed by atoms with van der Waals surface area (Å²) in [6.45, 7) is 0. The third kappa shape index (κ3) is 6.39. The van der Waals surface area contributed by atoms with Crippen molar-refractivity contribution in [2.75, 3.05) is 0 Å². The number of halogens is 4. The summed E-state index contributed by atoms with van der Waals surface area (Å²) in [5, 5.41) is 0. The van der Waals surface area contributed by atoms with Gasteiger partial charge in [-0.3, -0.25) is 0 Å². The zero-order valence-corrected chi connectivity index (χ0v) is 15.9. The van der Waals surface area contributed by atoms with Crippen molar-refractivity contribution in [3.63, 3.8) is 0 Å². The number of benzene rings is 1. The molecule has 27 heavy (non-hydrogen) atoms. The summed E-state index contributed by atoms with van der Waals surface area (Å²) in [5.74, 6) is 0.290. The van der Waals surface area contributed by atoms with Crippen LogP contribution in [0.5, 0.6) is 5.75 Å². The highest BCUT2D eigenvalue weighted by Gasteiger charge is 2.32. The Balaban J connectivity index is 1.40. The van der Waals surface area contributed by atoms with Crippen molar-refractivity contribution in [1.82, 2.24) is 0 Å². The Kier molecular flexibility index (Phi) is 7.04. The molecule has 5 heteroatoms. The number of rotatable bonds is 7. The van der Waals surface area contributed by atoms with E-state index >= 15 is 0 Å². The lowest BCUT2D eigenvalue weighted by atomic mass is 9.77. The molecule has 1 aromatic rings. The second-order valence-electron chi connectivity index (χ2n) is 8.39. The van der Waals surface area contributed by atoms with Gasteiger partial charge in [-0.2, -0.15) is 0 Å². The van der Waals surface area contributed by atoms with E-state index in [1.54, 1.807) is 6.07 Å². The van der Waals surface area contributed by atoms with Crippen LogP contribution in [-0.4, -0.2) is 6.36 Å². The molecule has 2 saturated carbocycles. The summed E-state index contributed by atoms with van der Waals surface area (Å²) >= 11 is 0. The summed E-state index contributed by atoms with van der Waals surface area (Å²) in [6, 6.07) is 3.90.